The van der Waals surface area contributed by atoms with E-state index >= 15 is 0 Å². The van der Waals surface area contributed by atoms with Gasteiger partial charge in [0, 0.05) is 39.1 Å². The van der Waals surface area contributed by atoms with Gasteiger partial charge in [-0.3, -0.25) is 5.10 Å². The molecule has 1 aliphatic rings. The predicted octanol–water partition coefficient (Wildman–Crippen LogP) is 6.18. The van der Waals surface area contributed by atoms with Crippen LogP contribution in [0.3, 0.4) is 0 Å². The number of pyridine rings is 1. The van der Waals surface area contributed by atoms with Gasteiger partial charge in [-0.05, 0) is 56.7 Å². The molecule has 0 amide bonds. The first-order valence-electron chi connectivity index (χ1n) is 10.5. The number of aromatic nitrogens is 3. The maximum Gasteiger partial charge on any atom is 0.141 e. The number of benzene rings is 1. The first kappa shape index (κ1) is 19.3. The molecule has 30 heavy (non-hydrogen) atoms. The molecule has 0 spiro atoms. The average Bonchev–Trinajstić information content (AvgIpc) is 3.34. The summed E-state index contributed by atoms with van der Waals surface area (Å²) in [5, 5.41) is 20.0. The largest absolute Gasteiger partial charge is 0.510 e. The molecule has 154 valence electrons. The Labute approximate surface area is 179 Å². The summed E-state index contributed by atoms with van der Waals surface area (Å²) in [6, 6.07) is 6.35. The minimum atomic E-state index is -0.612. The fourth-order valence-electron chi connectivity index (χ4n) is 4.64. The van der Waals surface area contributed by atoms with Crippen molar-refractivity contribution < 1.29 is 9.84 Å². The summed E-state index contributed by atoms with van der Waals surface area (Å²) in [6.45, 7) is 8.22. The fourth-order valence-corrected chi connectivity index (χ4v) is 5.96. The van der Waals surface area contributed by atoms with Crippen molar-refractivity contribution in [3.8, 4) is 11.1 Å². The van der Waals surface area contributed by atoms with Crippen molar-refractivity contribution in [2.24, 2.45) is 0 Å². The molecule has 2 N–H and O–H groups in total. The number of aliphatic hydroxyl groups is 1. The van der Waals surface area contributed by atoms with Crippen LogP contribution in [0, 0.1) is 6.92 Å². The van der Waals surface area contributed by atoms with E-state index in [2.05, 4.69) is 35.0 Å². The predicted molar refractivity (Wildman–Crippen MR) is 122 cm³/mol. The van der Waals surface area contributed by atoms with Crippen molar-refractivity contribution in [2.45, 2.75) is 45.6 Å². The minimum absolute atomic E-state index is 0.00839. The van der Waals surface area contributed by atoms with Crippen LogP contribution in [0.1, 0.15) is 47.6 Å². The molecule has 0 fully saturated rings. The van der Waals surface area contributed by atoms with Crippen LogP contribution in [0.15, 0.2) is 36.7 Å². The number of aryl methyl sites for hydroxylation is 3. The van der Waals surface area contributed by atoms with E-state index < -0.39 is 6.10 Å². The molecular formula is C24H25N3O2S. The number of aliphatic hydroxyl groups excluding tert-OH is 1. The summed E-state index contributed by atoms with van der Waals surface area (Å²) in [5.41, 5.74) is 6.35. The Morgan fingerprint density at radius 2 is 2.17 bits per heavy atom. The van der Waals surface area contributed by atoms with Crippen LogP contribution in [-0.4, -0.2) is 26.9 Å². The third-order valence-corrected chi connectivity index (χ3v) is 7.15. The zero-order valence-corrected chi connectivity index (χ0v) is 18.1. The average molecular weight is 420 g/mol. The number of H-pyrrole nitrogens is 1. The smallest absolute Gasteiger partial charge is 0.141 e. The highest BCUT2D eigenvalue weighted by atomic mass is 32.1. The molecule has 0 aliphatic heterocycles. The molecule has 1 unspecified atom stereocenters. The molecule has 4 aromatic rings. The van der Waals surface area contributed by atoms with E-state index in [1.54, 1.807) is 0 Å². The van der Waals surface area contributed by atoms with Gasteiger partial charge in [-0.15, -0.1) is 11.3 Å². The van der Waals surface area contributed by atoms with E-state index in [1.165, 1.54) is 28.7 Å². The number of hydrogen-bond acceptors (Lipinski definition) is 5. The first-order chi connectivity index (χ1) is 14.6. The molecule has 5 rings (SSSR count). The highest BCUT2D eigenvalue weighted by Gasteiger charge is 2.28. The summed E-state index contributed by atoms with van der Waals surface area (Å²) < 4.78 is 5.97. The van der Waals surface area contributed by atoms with Gasteiger partial charge in [-0.1, -0.05) is 18.7 Å². The van der Waals surface area contributed by atoms with E-state index in [1.807, 2.05) is 31.4 Å². The number of rotatable bonds is 5. The van der Waals surface area contributed by atoms with Crippen molar-refractivity contribution in [2.75, 3.05) is 6.61 Å². The Hall–Kier alpha value is -2.70. The second-order valence-electron chi connectivity index (χ2n) is 7.88. The minimum Gasteiger partial charge on any atom is -0.510 e. The SMILES string of the molecule is C=C(O)C(OCC)c1c(C)nc2sc3c(c2c1-c1ccc2cn[nH]c2c1)CCCC3. The number of nitrogens with one attached hydrogen (secondary N) is 1. The Morgan fingerprint density at radius 1 is 1.33 bits per heavy atom. The van der Waals surface area contributed by atoms with E-state index in [0.29, 0.717) is 6.61 Å². The molecule has 5 nitrogen and oxygen atoms in total. The standard InChI is InChI=1S/C24H25N3O2S/c1-4-29-23(14(3)28)20-13(2)26-24-22(17-7-5-6-8-19(17)30-24)21(20)15-9-10-16-12-25-27-18(16)11-15/h9-12,23,28H,3-8H2,1-2H3,(H,25,27). The first-order valence-corrected chi connectivity index (χ1v) is 11.3. The van der Waals surface area contributed by atoms with Crippen molar-refractivity contribution in [3.05, 3.63) is 58.4 Å². The van der Waals surface area contributed by atoms with Crippen LogP contribution < -0.4 is 0 Å². The lowest BCUT2D eigenvalue weighted by atomic mass is 9.87. The van der Waals surface area contributed by atoms with Gasteiger partial charge in [0.25, 0.3) is 0 Å². The monoisotopic (exact) mass is 419 g/mol. The number of nitrogens with zero attached hydrogens (tertiary/aromatic N) is 2. The lowest BCUT2D eigenvalue weighted by Gasteiger charge is -2.23. The lowest BCUT2D eigenvalue weighted by molar-refractivity contribution is 0.0580. The van der Waals surface area contributed by atoms with E-state index in [9.17, 15) is 5.11 Å². The lowest BCUT2D eigenvalue weighted by Crippen LogP contribution is -2.12. The number of ether oxygens (including phenoxy) is 1. The molecule has 0 radical (unpaired) electrons. The maximum absolute atomic E-state index is 10.4. The molecule has 6 heteroatoms. The maximum atomic E-state index is 10.4. The molecule has 0 bridgehead atoms. The van der Waals surface area contributed by atoms with Gasteiger partial charge < -0.3 is 9.84 Å². The second-order valence-corrected chi connectivity index (χ2v) is 8.96. The summed E-state index contributed by atoms with van der Waals surface area (Å²) in [7, 11) is 0. The highest BCUT2D eigenvalue weighted by molar-refractivity contribution is 7.19. The molecule has 1 aromatic carbocycles. The third kappa shape index (κ3) is 3.02. The van der Waals surface area contributed by atoms with Gasteiger partial charge in [0.2, 0.25) is 0 Å². The zero-order valence-electron chi connectivity index (χ0n) is 17.3. The molecule has 0 saturated carbocycles. The topological polar surface area (TPSA) is 71.0 Å². The second kappa shape index (κ2) is 7.52. The van der Waals surface area contributed by atoms with Crippen molar-refractivity contribution in [1.82, 2.24) is 15.2 Å². The Balaban J connectivity index is 1.89. The quantitative estimate of drug-likeness (QED) is 0.379. The fraction of sp³-hybridized carbons (Fsp3) is 0.333. The van der Waals surface area contributed by atoms with Crippen molar-refractivity contribution in [3.63, 3.8) is 0 Å². The van der Waals surface area contributed by atoms with Crippen LogP contribution in [-0.2, 0) is 17.6 Å². The zero-order chi connectivity index (χ0) is 20.8. The Bertz CT molecular complexity index is 1270. The molecule has 1 aliphatic carbocycles. The normalized spacial score (nSPS) is 14.9. The van der Waals surface area contributed by atoms with Crippen molar-refractivity contribution in [1.29, 1.82) is 0 Å². The summed E-state index contributed by atoms with van der Waals surface area (Å²) in [5.74, 6) is 0.00839. The van der Waals surface area contributed by atoms with Gasteiger partial charge in [0.05, 0.1) is 11.7 Å². The summed E-state index contributed by atoms with van der Waals surface area (Å²) in [6.07, 6.45) is 5.83. The summed E-state index contributed by atoms with van der Waals surface area (Å²) in [4.78, 5) is 7.49. The van der Waals surface area contributed by atoms with Gasteiger partial charge in [0.1, 0.15) is 16.7 Å². The van der Waals surface area contributed by atoms with Gasteiger partial charge in [-0.25, -0.2) is 4.98 Å². The molecule has 1 atom stereocenters. The third-order valence-electron chi connectivity index (χ3n) is 5.96. The van der Waals surface area contributed by atoms with Crippen LogP contribution >= 0.6 is 11.3 Å². The van der Waals surface area contributed by atoms with Gasteiger partial charge in [0.15, 0.2) is 0 Å². The van der Waals surface area contributed by atoms with Gasteiger partial charge >= 0.3 is 0 Å². The van der Waals surface area contributed by atoms with Gasteiger partial charge in [-0.2, -0.15) is 5.10 Å². The molecule has 0 saturated heterocycles. The number of hydrogen-bond donors (Lipinski definition) is 2. The molecule has 3 heterocycles. The van der Waals surface area contributed by atoms with E-state index in [-0.39, 0.29) is 5.76 Å². The van der Waals surface area contributed by atoms with Crippen LogP contribution in [0.4, 0.5) is 0 Å². The number of aromatic amines is 1. The highest BCUT2D eigenvalue weighted by Crippen LogP contribution is 2.46. The number of fused-ring (bicyclic) bond motifs is 4. The molecule has 3 aromatic heterocycles. The number of thiophene rings is 1. The summed E-state index contributed by atoms with van der Waals surface area (Å²) >= 11 is 1.81. The Morgan fingerprint density at radius 3 is 2.97 bits per heavy atom. The van der Waals surface area contributed by atoms with Crippen LogP contribution in [0.5, 0.6) is 0 Å². The van der Waals surface area contributed by atoms with Crippen LogP contribution in [0.25, 0.3) is 32.2 Å². The van der Waals surface area contributed by atoms with E-state index in [4.69, 9.17) is 9.72 Å². The van der Waals surface area contributed by atoms with Crippen molar-refractivity contribution >= 4 is 32.5 Å². The Kier molecular flexibility index (Phi) is 4.83. The molecular weight excluding hydrogens is 394 g/mol. The van der Waals surface area contributed by atoms with Crippen LogP contribution in [0.2, 0.25) is 0 Å². The van der Waals surface area contributed by atoms with E-state index in [0.717, 1.165) is 51.0 Å².